The number of halogens is 3. The zero-order chi connectivity index (χ0) is 13.2. The second kappa shape index (κ2) is 4.70. The molecule has 1 N–H and O–H groups in total. The Hall–Kier alpha value is -1.64. The first-order valence-corrected chi connectivity index (χ1v) is 4.62. The Morgan fingerprint density at radius 2 is 2.06 bits per heavy atom. The molecular weight excluding hydrogens is 241 g/mol. The van der Waals surface area contributed by atoms with E-state index in [0.29, 0.717) is 11.2 Å². The van der Waals surface area contributed by atoms with Crippen molar-refractivity contribution in [2.24, 2.45) is 0 Å². The van der Waals surface area contributed by atoms with Gasteiger partial charge in [0.25, 0.3) is 0 Å². The Balaban J connectivity index is 3.10. The minimum atomic E-state index is -4.79. The lowest BCUT2D eigenvalue weighted by molar-refractivity contribution is -0.144. The molecule has 0 amide bonds. The number of likely N-dealkylation sites (N-methyl/N-ethyl adjacent to an activating group) is 1. The van der Waals surface area contributed by atoms with Gasteiger partial charge in [-0.05, 0) is 14.1 Å². The van der Waals surface area contributed by atoms with Gasteiger partial charge in [-0.25, -0.2) is 9.48 Å². The summed E-state index contributed by atoms with van der Waals surface area (Å²) in [6.45, 7) is 0.216. The van der Waals surface area contributed by atoms with Crippen molar-refractivity contribution in [3.63, 3.8) is 0 Å². The molecule has 0 saturated carbocycles. The predicted octanol–water partition coefficient (Wildman–Crippen LogP) is 0.557. The molecule has 1 heterocycles. The highest BCUT2D eigenvalue weighted by Crippen LogP contribution is 2.30. The van der Waals surface area contributed by atoms with Crippen molar-refractivity contribution in [3.05, 3.63) is 11.4 Å². The van der Waals surface area contributed by atoms with Crippen molar-refractivity contribution in [3.8, 4) is 0 Å². The SMILES string of the molecule is CN(C)CCn1nnc(C(=O)O)c1C(F)(F)F. The molecule has 0 saturated heterocycles. The van der Waals surface area contributed by atoms with Crippen LogP contribution in [0.3, 0.4) is 0 Å². The van der Waals surface area contributed by atoms with Gasteiger partial charge >= 0.3 is 12.1 Å². The molecule has 1 aromatic heterocycles. The summed E-state index contributed by atoms with van der Waals surface area (Å²) in [5, 5.41) is 14.8. The molecule has 0 bridgehead atoms. The molecule has 1 rings (SSSR count). The first-order chi connectivity index (χ1) is 7.73. The van der Waals surface area contributed by atoms with Crippen LogP contribution in [0.25, 0.3) is 0 Å². The summed E-state index contributed by atoms with van der Waals surface area (Å²) in [4.78, 5) is 12.2. The number of aromatic carboxylic acids is 1. The van der Waals surface area contributed by atoms with Gasteiger partial charge in [0, 0.05) is 6.54 Å². The summed E-state index contributed by atoms with van der Waals surface area (Å²) in [6.07, 6.45) is -4.79. The molecule has 1 aromatic rings. The van der Waals surface area contributed by atoms with E-state index >= 15 is 0 Å². The summed E-state index contributed by atoms with van der Waals surface area (Å²) in [7, 11) is 3.37. The molecule has 0 fully saturated rings. The van der Waals surface area contributed by atoms with Crippen LogP contribution in [0.2, 0.25) is 0 Å². The number of alkyl halides is 3. The molecular formula is C8H11F3N4O2. The summed E-state index contributed by atoms with van der Waals surface area (Å²) in [5.41, 5.74) is -2.40. The van der Waals surface area contributed by atoms with Crippen molar-refractivity contribution < 1.29 is 23.1 Å². The largest absolute Gasteiger partial charge is 0.476 e. The Labute approximate surface area is 94.6 Å². The fraction of sp³-hybridized carbons (Fsp3) is 0.625. The van der Waals surface area contributed by atoms with Gasteiger partial charge in [0.15, 0.2) is 5.69 Å². The average molecular weight is 252 g/mol. The summed E-state index contributed by atoms with van der Waals surface area (Å²) < 4.78 is 38.5. The van der Waals surface area contributed by atoms with E-state index in [2.05, 4.69) is 10.3 Å². The maximum absolute atomic E-state index is 12.6. The number of nitrogens with zero attached hydrogens (tertiary/aromatic N) is 4. The van der Waals surface area contributed by atoms with Crippen LogP contribution in [-0.4, -0.2) is 51.6 Å². The van der Waals surface area contributed by atoms with Crippen LogP contribution in [0.1, 0.15) is 16.2 Å². The highest BCUT2D eigenvalue weighted by Gasteiger charge is 2.41. The quantitative estimate of drug-likeness (QED) is 0.847. The van der Waals surface area contributed by atoms with Crippen LogP contribution in [0, 0.1) is 0 Å². The first kappa shape index (κ1) is 13.4. The van der Waals surface area contributed by atoms with E-state index in [0.717, 1.165) is 0 Å². The van der Waals surface area contributed by atoms with Gasteiger partial charge < -0.3 is 10.0 Å². The second-order valence-corrected chi connectivity index (χ2v) is 3.62. The van der Waals surface area contributed by atoms with Crippen LogP contribution < -0.4 is 0 Å². The molecule has 0 aliphatic rings. The lowest BCUT2D eigenvalue weighted by atomic mass is 10.3. The second-order valence-electron chi connectivity index (χ2n) is 3.62. The molecule has 0 radical (unpaired) electrons. The summed E-state index contributed by atoms with van der Waals surface area (Å²) in [6, 6.07) is 0. The van der Waals surface area contributed by atoms with E-state index in [4.69, 9.17) is 5.11 Å². The number of carboxylic acid groups (broad SMARTS) is 1. The number of carbonyl (C=O) groups is 1. The molecule has 0 spiro atoms. The van der Waals surface area contributed by atoms with Crippen LogP contribution in [0.5, 0.6) is 0 Å². The number of hydrogen-bond donors (Lipinski definition) is 1. The third kappa shape index (κ3) is 3.16. The topological polar surface area (TPSA) is 71.2 Å². The Morgan fingerprint density at radius 1 is 1.47 bits per heavy atom. The Bertz CT molecular complexity index is 413. The van der Waals surface area contributed by atoms with Gasteiger partial charge in [0.05, 0.1) is 6.54 Å². The minimum Gasteiger partial charge on any atom is -0.476 e. The molecule has 6 nitrogen and oxygen atoms in total. The van der Waals surface area contributed by atoms with E-state index in [1.165, 1.54) is 0 Å². The first-order valence-electron chi connectivity index (χ1n) is 4.62. The standard InChI is InChI=1S/C8H11F3N4O2/c1-14(2)3-4-15-6(8(9,10)11)5(7(16)17)12-13-15/h3-4H2,1-2H3,(H,16,17). The van der Waals surface area contributed by atoms with E-state index in [1.807, 2.05) is 0 Å². The Morgan fingerprint density at radius 3 is 2.47 bits per heavy atom. The minimum absolute atomic E-state index is 0.0812. The smallest absolute Gasteiger partial charge is 0.435 e. The number of hydrogen-bond acceptors (Lipinski definition) is 4. The van der Waals surface area contributed by atoms with Gasteiger partial charge in [-0.1, -0.05) is 5.21 Å². The molecule has 0 unspecified atom stereocenters. The van der Waals surface area contributed by atoms with Crippen LogP contribution in [0.4, 0.5) is 13.2 Å². The van der Waals surface area contributed by atoms with Crippen molar-refractivity contribution in [2.45, 2.75) is 12.7 Å². The van der Waals surface area contributed by atoms with Gasteiger partial charge in [-0.2, -0.15) is 13.2 Å². The average Bonchev–Trinajstić information content (AvgIpc) is 2.57. The molecule has 96 valence electrons. The van der Waals surface area contributed by atoms with Crippen molar-refractivity contribution in [1.82, 2.24) is 19.9 Å². The third-order valence-electron chi connectivity index (χ3n) is 1.97. The number of rotatable bonds is 4. The maximum Gasteiger partial charge on any atom is 0.435 e. The normalized spacial score (nSPS) is 12.1. The van der Waals surface area contributed by atoms with Gasteiger partial charge in [-0.15, -0.1) is 5.10 Å². The van der Waals surface area contributed by atoms with E-state index in [-0.39, 0.29) is 6.54 Å². The highest BCUT2D eigenvalue weighted by atomic mass is 19.4. The van der Waals surface area contributed by atoms with Gasteiger partial charge in [0.1, 0.15) is 0 Å². The van der Waals surface area contributed by atoms with E-state index < -0.39 is 23.5 Å². The zero-order valence-electron chi connectivity index (χ0n) is 9.19. The van der Waals surface area contributed by atoms with Crippen molar-refractivity contribution in [2.75, 3.05) is 20.6 Å². The molecule has 0 aliphatic carbocycles. The van der Waals surface area contributed by atoms with Gasteiger partial charge in [-0.3, -0.25) is 0 Å². The summed E-state index contributed by atoms with van der Waals surface area (Å²) >= 11 is 0. The maximum atomic E-state index is 12.6. The van der Waals surface area contributed by atoms with E-state index in [1.54, 1.807) is 19.0 Å². The molecule has 9 heteroatoms. The van der Waals surface area contributed by atoms with Crippen LogP contribution >= 0.6 is 0 Å². The Kier molecular flexibility index (Phi) is 3.71. The molecule has 0 atom stereocenters. The highest BCUT2D eigenvalue weighted by molar-refractivity contribution is 5.86. The molecule has 17 heavy (non-hydrogen) atoms. The number of carboxylic acids is 1. The fourth-order valence-corrected chi connectivity index (χ4v) is 1.19. The number of aromatic nitrogens is 3. The lowest BCUT2D eigenvalue weighted by Crippen LogP contribution is -2.24. The summed E-state index contributed by atoms with van der Waals surface area (Å²) in [5.74, 6) is -1.74. The van der Waals surface area contributed by atoms with Gasteiger partial charge in [0.2, 0.25) is 5.69 Å². The molecule has 0 aliphatic heterocycles. The van der Waals surface area contributed by atoms with Crippen molar-refractivity contribution in [1.29, 1.82) is 0 Å². The fourth-order valence-electron chi connectivity index (χ4n) is 1.19. The van der Waals surface area contributed by atoms with Crippen molar-refractivity contribution >= 4 is 5.97 Å². The lowest BCUT2D eigenvalue weighted by Gasteiger charge is -2.12. The molecule has 0 aromatic carbocycles. The van der Waals surface area contributed by atoms with Crippen LogP contribution in [0.15, 0.2) is 0 Å². The zero-order valence-corrected chi connectivity index (χ0v) is 9.19. The van der Waals surface area contributed by atoms with E-state index in [9.17, 15) is 18.0 Å². The predicted molar refractivity (Wildman–Crippen MR) is 50.5 cm³/mol. The third-order valence-corrected chi connectivity index (χ3v) is 1.97. The monoisotopic (exact) mass is 252 g/mol. The van der Waals surface area contributed by atoms with Crippen LogP contribution in [-0.2, 0) is 12.7 Å².